The van der Waals surface area contributed by atoms with Gasteiger partial charge < -0.3 is 5.32 Å². The van der Waals surface area contributed by atoms with Crippen LogP contribution in [0, 0.1) is 13.8 Å². The number of hydrogen-bond acceptors (Lipinski definition) is 2. The average Bonchev–Trinajstić information content (AvgIpc) is 2.82. The summed E-state index contributed by atoms with van der Waals surface area (Å²) in [5, 5.41) is 7.56. The van der Waals surface area contributed by atoms with E-state index < -0.39 is 0 Å². The molecule has 0 unspecified atom stereocenters. The monoisotopic (exact) mass is 309 g/mol. The number of rotatable bonds is 3. The highest BCUT2D eigenvalue weighted by Gasteiger charge is 2.20. The van der Waals surface area contributed by atoms with Crippen LogP contribution in [0.15, 0.2) is 30.3 Å². The van der Waals surface area contributed by atoms with Crippen molar-refractivity contribution in [1.29, 1.82) is 0 Å². The van der Waals surface area contributed by atoms with Crippen LogP contribution < -0.4 is 5.32 Å². The summed E-state index contributed by atoms with van der Waals surface area (Å²) in [6.07, 6.45) is 6.89. The molecule has 0 atom stereocenters. The average molecular weight is 309 g/mol. The zero-order chi connectivity index (χ0) is 16.4. The van der Waals surface area contributed by atoms with E-state index in [1.165, 1.54) is 18.4 Å². The maximum atomic E-state index is 12.6. The molecule has 4 heteroatoms. The highest BCUT2D eigenvalue weighted by molar-refractivity contribution is 6.05. The minimum atomic E-state index is -0.0920. The van der Waals surface area contributed by atoms with Gasteiger partial charge in [0.15, 0.2) is 0 Å². The number of benzene rings is 1. The molecule has 1 aliphatic rings. The summed E-state index contributed by atoms with van der Waals surface area (Å²) in [7, 11) is 1.88. The van der Waals surface area contributed by atoms with Gasteiger partial charge in [0.2, 0.25) is 0 Å². The summed E-state index contributed by atoms with van der Waals surface area (Å²) >= 11 is 0. The number of amides is 1. The van der Waals surface area contributed by atoms with Crippen molar-refractivity contribution < 1.29 is 4.79 Å². The Bertz CT molecular complexity index is 754. The molecule has 1 aromatic heterocycles. The van der Waals surface area contributed by atoms with Crippen LogP contribution in [0.25, 0.3) is 5.57 Å². The van der Waals surface area contributed by atoms with Gasteiger partial charge in [-0.25, -0.2) is 0 Å². The molecule has 0 radical (unpaired) electrons. The Balaban J connectivity index is 1.92. The Kier molecular flexibility index (Phi) is 4.33. The zero-order valence-corrected chi connectivity index (χ0v) is 14.0. The van der Waals surface area contributed by atoms with Crippen molar-refractivity contribution in [2.45, 2.75) is 39.5 Å². The number of carbonyl (C=O) groups is 1. The van der Waals surface area contributed by atoms with Crippen LogP contribution >= 0.6 is 0 Å². The van der Waals surface area contributed by atoms with Gasteiger partial charge in [-0.05, 0) is 57.2 Å². The highest BCUT2D eigenvalue weighted by atomic mass is 16.1. The molecular weight excluding hydrogens is 286 g/mol. The minimum absolute atomic E-state index is 0.0920. The molecule has 0 bridgehead atoms. The van der Waals surface area contributed by atoms with E-state index >= 15 is 0 Å². The quantitative estimate of drug-likeness (QED) is 0.921. The maximum Gasteiger partial charge on any atom is 0.256 e. The summed E-state index contributed by atoms with van der Waals surface area (Å²) in [4.78, 5) is 12.6. The molecule has 3 rings (SSSR count). The Morgan fingerprint density at radius 3 is 2.57 bits per heavy atom. The van der Waals surface area contributed by atoms with E-state index in [0.29, 0.717) is 5.56 Å². The standard InChI is InChI=1S/C19H23N3O/c1-13-9-11-16(12-10-13)19(23)20-18-17(14(2)21-22(18)3)15-7-5-4-6-8-15/h7,9-12H,4-6,8H2,1-3H3,(H,20,23). The topological polar surface area (TPSA) is 46.9 Å². The van der Waals surface area contributed by atoms with E-state index in [9.17, 15) is 4.79 Å². The molecule has 0 saturated carbocycles. The van der Waals surface area contributed by atoms with Crippen molar-refractivity contribution >= 4 is 17.3 Å². The van der Waals surface area contributed by atoms with Gasteiger partial charge in [0.25, 0.3) is 5.91 Å². The fraction of sp³-hybridized carbons (Fsp3) is 0.368. The van der Waals surface area contributed by atoms with Gasteiger partial charge in [-0.1, -0.05) is 23.8 Å². The fourth-order valence-electron chi connectivity index (χ4n) is 3.14. The number of nitrogens with zero attached hydrogens (tertiary/aromatic N) is 2. The maximum absolute atomic E-state index is 12.6. The zero-order valence-electron chi connectivity index (χ0n) is 14.0. The summed E-state index contributed by atoms with van der Waals surface area (Å²) in [6.45, 7) is 4.02. The lowest BCUT2D eigenvalue weighted by atomic mass is 9.93. The van der Waals surface area contributed by atoms with Gasteiger partial charge in [0, 0.05) is 18.2 Å². The Morgan fingerprint density at radius 2 is 1.91 bits per heavy atom. The van der Waals surface area contributed by atoms with Crippen molar-refractivity contribution in [3.8, 4) is 0 Å². The summed E-state index contributed by atoms with van der Waals surface area (Å²) < 4.78 is 1.77. The molecule has 0 aliphatic heterocycles. The van der Waals surface area contributed by atoms with Crippen molar-refractivity contribution in [1.82, 2.24) is 9.78 Å². The summed E-state index contributed by atoms with van der Waals surface area (Å²) in [5.41, 5.74) is 5.18. The summed E-state index contributed by atoms with van der Waals surface area (Å²) in [5.74, 6) is 0.701. The van der Waals surface area contributed by atoms with Crippen LogP contribution in [0.4, 0.5) is 5.82 Å². The Hall–Kier alpha value is -2.36. The normalized spacial score (nSPS) is 14.5. The van der Waals surface area contributed by atoms with E-state index in [1.54, 1.807) is 4.68 Å². The van der Waals surface area contributed by atoms with Gasteiger partial charge in [-0.2, -0.15) is 5.10 Å². The number of carbonyl (C=O) groups excluding carboxylic acids is 1. The molecule has 120 valence electrons. The third kappa shape index (κ3) is 3.21. The van der Waals surface area contributed by atoms with Gasteiger partial charge in [0.05, 0.1) is 5.69 Å². The van der Waals surface area contributed by atoms with Crippen LogP contribution in [-0.4, -0.2) is 15.7 Å². The van der Waals surface area contributed by atoms with Gasteiger partial charge in [-0.3, -0.25) is 9.48 Å². The predicted molar refractivity (Wildman–Crippen MR) is 93.5 cm³/mol. The van der Waals surface area contributed by atoms with Crippen LogP contribution in [0.1, 0.15) is 52.9 Å². The number of nitrogens with one attached hydrogen (secondary N) is 1. The molecule has 23 heavy (non-hydrogen) atoms. The molecule has 2 aromatic rings. The Morgan fingerprint density at radius 1 is 1.17 bits per heavy atom. The lowest BCUT2D eigenvalue weighted by Gasteiger charge is -2.15. The molecule has 1 aliphatic carbocycles. The lowest BCUT2D eigenvalue weighted by Crippen LogP contribution is -2.15. The molecule has 1 aromatic carbocycles. The van der Waals surface area contributed by atoms with E-state index in [4.69, 9.17) is 0 Å². The molecule has 0 saturated heterocycles. The highest BCUT2D eigenvalue weighted by Crippen LogP contribution is 2.33. The first-order valence-electron chi connectivity index (χ1n) is 8.17. The molecular formula is C19H23N3O. The largest absolute Gasteiger partial charge is 0.306 e. The van der Waals surface area contributed by atoms with Crippen molar-refractivity contribution in [3.63, 3.8) is 0 Å². The number of anilines is 1. The second-order valence-electron chi connectivity index (χ2n) is 6.23. The first kappa shape index (κ1) is 15.5. The van der Waals surface area contributed by atoms with Crippen molar-refractivity contribution in [2.24, 2.45) is 7.05 Å². The van der Waals surface area contributed by atoms with E-state index in [1.807, 2.05) is 45.2 Å². The van der Waals surface area contributed by atoms with Crippen LogP contribution in [0.5, 0.6) is 0 Å². The third-order valence-corrected chi connectivity index (χ3v) is 4.38. The predicted octanol–water partition coefficient (Wildman–Crippen LogP) is 4.25. The second-order valence-corrected chi connectivity index (χ2v) is 6.23. The van der Waals surface area contributed by atoms with E-state index in [0.717, 1.165) is 35.5 Å². The first-order chi connectivity index (χ1) is 11.1. The van der Waals surface area contributed by atoms with Gasteiger partial charge >= 0.3 is 0 Å². The SMILES string of the molecule is Cc1ccc(C(=O)Nc2c(C3=CCCCC3)c(C)nn2C)cc1. The number of hydrogen-bond donors (Lipinski definition) is 1. The molecule has 0 fully saturated rings. The van der Waals surface area contributed by atoms with E-state index in [2.05, 4.69) is 16.5 Å². The first-order valence-corrected chi connectivity index (χ1v) is 8.17. The molecule has 4 nitrogen and oxygen atoms in total. The van der Waals surface area contributed by atoms with Crippen molar-refractivity contribution in [3.05, 3.63) is 52.7 Å². The molecule has 0 spiro atoms. The third-order valence-electron chi connectivity index (χ3n) is 4.38. The molecule has 1 amide bonds. The van der Waals surface area contributed by atoms with Crippen molar-refractivity contribution in [2.75, 3.05) is 5.32 Å². The lowest BCUT2D eigenvalue weighted by molar-refractivity contribution is 0.102. The Labute approximate surface area is 137 Å². The smallest absolute Gasteiger partial charge is 0.256 e. The number of aromatic nitrogens is 2. The number of allylic oxidation sites excluding steroid dienone is 2. The van der Waals surface area contributed by atoms with Crippen LogP contribution in [0.3, 0.4) is 0 Å². The van der Waals surface area contributed by atoms with Gasteiger partial charge in [-0.15, -0.1) is 0 Å². The van der Waals surface area contributed by atoms with E-state index in [-0.39, 0.29) is 5.91 Å². The van der Waals surface area contributed by atoms with Crippen LogP contribution in [-0.2, 0) is 7.05 Å². The molecule has 1 heterocycles. The van der Waals surface area contributed by atoms with Crippen LogP contribution in [0.2, 0.25) is 0 Å². The summed E-state index contributed by atoms with van der Waals surface area (Å²) in [6, 6.07) is 7.61. The number of aryl methyl sites for hydroxylation is 3. The second kappa shape index (κ2) is 6.41. The van der Waals surface area contributed by atoms with Gasteiger partial charge in [0.1, 0.15) is 5.82 Å². The molecule has 1 N–H and O–H groups in total. The minimum Gasteiger partial charge on any atom is -0.306 e. The fourth-order valence-corrected chi connectivity index (χ4v) is 3.14.